The van der Waals surface area contributed by atoms with Gasteiger partial charge in [-0.05, 0) is 49.8 Å². The minimum Gasteiger partial charge on any atom is -0.389 e. The van der Waals surface area contributed by atoms with Crippen molar-refractivity contribution < 1.29 is 9.90 Å². The Kier molecular flexibility index (Phi) is 3.19. The van der Waals surface area contributed by atoms with Crippen LogP contribution in [0.15, 0.2) is 24.3 Å². The molecule has 102 valence electrons. The average molecular weight is 260 g/mol. The Morgan fingerprint density at radius 3 is 2.95 bits per heavy atom. The van der Waals surface area contributed by atoms with Gasteiger partial charge in [0.05, 0.1) is 6.10 Å². The number of hydrogen-bond acceptors (Lipinski definition) is 2. The lowest BCUT2D eigenvalue weighted by atomic mass is 10.1. The van der Waals surface area contributed by atoms with Crippen molar-refractivity contribution in [1.82, 2.24) is 4.90 Å². The second-order valence-corrected chi connectivity index (χ2v) is 5.72. The van der Waals surface area contributed by atoms with Gasteiger partial charge in [0.25, 0.3) is 0 Å². The van der Waals surface area contributed by atoms with Crippen LogP contribution in [0.1, 0.15) is 37.9 Å². The molecule has 1 aromatic rings. The summed E-state index contributed by atoms with van der Waals surface area (Å²) >= 11 is 0. The number of rotatable bonds is 2. The quantitative estimate of drug-likeness (QED) is 0.859. The van der Waals surface area contributed by atoms with Crippen LogP contribution in [0.4, 0.5) is 10.5 Å². The van der Waals surface area contributed by atoms with Crippen molar-refractivity contribution >= 4 is 11.7 Å². The summed E-state index contributed by atoms with van der Waals surface area (Å²) in [6, 6.07) is 7.83. The third-order valence-electron chi connectivity index (χ3n) is 4.29. The number of urea groups is 1. The van der Waals surface area contributed by atoms with Crippen molar-refractivity contribution in [2.24, 2.45) is 5.92 Å². The largest absolute Gasteiger partial charge is 0.389 e. The molecule has 1 aromatic carbocycles. The van der Waals surface area contributed by atoms with E-state index in [-0.39, 0.29) is 6.03 Å². The van der Waals surface area contributed by atoms with Crippen molar-refractivity contribution in [2.45, 2.75) is 38.3 Å². The maximum atomic E-state index is 12.2. The second kappa shape index (κ2) is 4.85. The molecule has 3 rings (SSSR count). The molecule has 0 radical (unpaired) electrons. The summed E-state index contributed by atoms with van der Waals surface area (Å²) < 4.78 is 0. The third kappa shape index (κ3) is 2.45. The van der Waals surface area contributed by atoms with Crippen LogP contribution in [0, 0.1) is 5.92 Å². The number of amides is 2. The molecule has 1 saturated carbocycles. The molecule has 2 fully saturated rings. The van der Waals surface area contributed by atoms with Gasteiger partial charge in [0, 0.05) is 18.3 Å². The molecule has 2 aliphatic rings. The standard InChI is InChI=1S/C15H20N2O2/c1-10(18)12-3-2-4-13(8-12)16-15(19)17-9-11-5-6-14(17)7-11/h2-4,8,10-11,14,18H,5-7,9H2,1H3,(H,16,19). The van der Waals surface area contributed by atoms with E-state index < -0.39 is 6.10 Å². The lowest BCUT2D eigenvalue weighted by Crippen LogP contribution is -2.40. The highest BCUT2D eigenvalue weighted by Gasteiger charge is 2.40. The molecule has 1 saturated heterocycles. The number of carbonyl (C=O) groups excluding carboxylic acids is 1. The molecule has 3 unspecified atom stereocenters. The highest BCUT2D eigenvalue weighted by atomic mass is 16.3. The molecular weight excluding hydrogens is 240 g/mol. The number of hydrogen-bond donors (Lipinski definition) is 2. The Balaban J connectivity index is 1.68. The molecule has 3 atom stereocenters. The summed E-state index contributed by atoms with van der Waals surface area (Å²) in [5, 5.41) is 12.5. The number of anilines is 1. The summed E-state index contributed by atoms with van der Waals surface area (Å²) in [6.07, 6.45) is 3.07. The first-order valence-corrected chi connectivity index (χ1v) is 6.99. The number of piperidine rings is 1. The number of aliphatic hydroxyl groups excluding tert-OH is 1. The SMILES string of the molecule is CC(O)c1cccc(NC(=O)N2CC3CCC2C3)c1. The molecule has 2 N–H and O–H groups in total. The Morgan fingerprint density at radius 1 is 1.47 bits per heavy atom. The molecule has 2 amide bonds. The van der Waals surface area contributed by atoms with Crippen molar-refractivity contribution in [1.29, 1.82) is 0 Å². The smallest absolute Gasteiger partial charge is 0.322 e. The predicted octanol–water partition coefficient (Wildman–Crippen LogP) is 2.76. The lowest BCUT2D eigenvalue weighted by molar-refractivity contribution is 0.194. The number of nitrogens with zero attached hydrogens (tertiary/aromatic N) is 1. The van der Waals surface area contributed by atoms with Gasteiger partial charge in [0.2, 0.25) is 0 Å². The molecule has 1 heterocycles. The van der Waals surface area contributed by atoms with E-state index in [1.54, 1.807) is 6.92 Å². The molecule has 4 nitrogen and oxygen atoms in total. The molecule has 19 heavy (non-hydrogen) atoms. The van der Waals surface area contributed by atoms with E-state index in [1.807, 2.05) is 29.2 Å². The summed E-state index contributed by atoms with van der Waals surface area (Å²) in [6.45, 7) is 2.62. The van der Waals surface area contributed by atoms with Crippen molar-refractivity contribution in [3.8, 4) is 0 Å². The van der Waals surface area contributed by atoms with E-state index in [4.69, 9.17) is 0 Å². The number of benzene rings is 1. The van der Waals surface area contributed by atoms with Crippen LogP contribution in [-0.2, 0) is 0 Å². The molecule has 4 heteroatoms. The van der Waals surface area contributed by atoms with Gasteiger partial charge in [0.15, 0.2) is 0 Å². The van der Waals surface area contributed by atoms with E-state index in [9.17, 15) is 9.90 Å². The Morgan fingerprint density at radius 2 is 2.32 bits per heavy atom. The van der Waals surface area contributed by atoms with Crippen molar-refractivity contribution in [3.63, 3.8) is 0 Å². The topological polar surface area (TPSA) is 52.6 Å². The minimum absolute atomic E-state index is 0.00468. The molecule has 0 aromatic heterocycles. The van der Waals surface area contributed by atoms with Gasteiger partial charge in [-0.2, -0.15) is 0 Å². The van der Waals surface area contributed by atoms with Gasteiger partial charge in [-0.25, -0.2) is 4.79 Å². The zero-order valence-electron chi connectivity index (χ0n) is 11.2. The van der Waals surface area contributed by atoms with E-state index in [0.717, 1.165) is 24.2 Å². The monoisotopic (exact) mass is 260 g/mol. The number of aliphatic hydroxyl groups is 1. The molecule has 1 aliphatic heterocycles. The van der Waals surface area contributed by atoms with Crippen molar-refractivity contribution in [2.75, 3.05) is 11.9 Å². The van der Waals surface area contributed by atoms with E-state index in [0.29, 0.717) is 12.0 Å². The summed E-state index contributed by atoms with van der Waals surface area (Å²) in [7, 11) is 0. The van der Waals surface area contributed by atoms with Gasteiger partial charge in [-0.1, -0.05) is 12.1 Å². The average Bonchev–Trinajstić information content (AvgIpc) is 3.01. The van der Waals surface area contributed by atoms with E-state index >= 15 is 0 Å². The van der Waals surface area contributed by atoms with Crippen LogP contribution in [-0.4, -0.2) is 28.6 Å². The first-order valence-electron chi connectivity index (χ1n) is 6.99. The molecular formula is C15H20N2O2. The van der Waals surface area contributed by atoms with E-state index in [1.165, 1.54) is 12.8 Å². The van der Waals surface area contributed by atoms with Crippen LogP contribution in [0.2, 0.25) is 0 Å². The Bertz CT molecular complexity index is 487. The highest BCUT2D eigenvalue weighted by molar-refractivity contribution is 5.90. The summed E-state index contributed by atoms with van der Waals surface area (Å²) in [5.41, 5.74) is 1.58. The maximum Gasteiger partial charge on any atom is 0.322 e. The first kappa shape index (κ1) is 12.5. The second-order valence-electron chi connectivity index (χ2n) is 5.72. The fraction of sp³-hybridized carbons (Fsp3) is 0.533. The van der Waals surface area contributed by atoms with Crippen LogP contribution >= 0.6 is 0 Å². The van der Waals surface area contributed by atoms with Crippen LogP contribution in [0.5, 0.6) is 0 Å². The fourth-order valence-electron chi connectivity index (χ4n) is 3.25. The van der Waals surface area contributed by atoms with Gasteiger partial charge < -0.3 is 15.3 Å². The van der Waals surface area contributed by atoms with Crippen LogP contribution < -0.4 is 5.32 Å². The van der Waals surface area contributed by atoms with E-state index in [2.05, 4.69) is 5.32 Å². The number of carbonyl (C=O) groups is 1. The highest BCUT2D eigenvalue weighted by Crippen LogP contribution is 2.37. The Hall–Kier alpha value is -1.55. The van der Waals surface area contributed by atoms with Crippen molar-refractivity contribution in [3.05, 3.63) is 29.8 Å². The zero-order chi connectivity index (χ0) is 13.4. The summed E-state index contributed by atoms with van der Waals surface area (Å²) in [5.74, 6) is 0.708. The lowest BCUT2D eigenvalue weighted by Gasteiger charge is -2.27. The Labute approximate surface area is 113 Å². The normalized spacial score (nSPS) is 26.5. The predicted molar refractivity (Wildman–Crippen MR) is 73.9 cm³/mol. The number of fused-ring (bicyclic) bond motifs is 2. The van der Waals surface area contributed by atoms with Gasteiger partial charge in [-0.15, -0.1) is 0 Å². The van der Waals surface area contributed by atoms with Crippen LogP contribution in [0.3, 0.4) is 0 Å². The zero-order valence-corrected chi connectivity index (χ0v) is 11.2. The molecule has 1 aliphatic carbocycles. The van der Waals surface area contributed by atoms with Gasteiger partial charge in [0.1, 0.15) is 0 Å². The van der Waals surface area contributed by atoms with Crippen LogP contribution in [0.25, 0.3) is 0 Å². The van der Waals surface area contributed by atoms with Gasteiger partial charge >= 0.3 is 6.03 Å². The fourth-order valence-corrected chi connectivity index (χ4v) is 3.25. The minimum atomic E-state index is -0.514. The third-order valence-corrected chi connectivity index (χ3v) is 4.29. The first-order chi connectivity index (χ1) is 9.13. The number of nitrogens with one attached hydrogen (secondary N) is 1. The summed E-state index contributed by atoms with van der Waals surface area (Å²) in [4.78, 5) is 14.2. The van der Waals surface area contributed by atoms with Gasteiger partial charge in [-0.3, -0.25) is 0 Å². The molecule has 0 spiro atoms. The number of likely N-dealkylation sites (tertiary alicyclic amines) is 1. The molecule has 2 bridgehead atoms. The maximum absolute atomic E-state index is 12.2.